The smallest absolute Gasteiger partial charge is 0.492 e. The van der Waals surface area contributed by atoms with Gasteiger partial charge in [-0.25, -0.2) is 4.39 Å². The molecule has 8 nitrogen and oxygen atoms in total. The average Bonchev–Trinajstić information content (AvgIpc) is 3.50. The number of benzene rings is 2. The van der Waals surface area contributed by atoms with E-state index >= 15 is 0 Å². The lowest BCUT2D eigenvalue weighted by Gasteiger charge is -2.38. The summed E-state index contributed by atoms with van der Waals surface area (Å²) < 4.78 is 77.4. The first kappa shape index (κ1) is 31.1. The Morgan fingerprint density at radius 3 is 2.51 bits per heavy atom. The van der Waals surface area contributed by atoms with Gasteiger partial charge < -0.3 is 34.1 Å². The van der Waals surface area contributed by atoms with Crippen LogP contribution in [-0.4, -0.2) is 67.4 Å². The molecule has 2 aliphatic heterocycles. The first-order chi connectivity index (χ1) is 20.2. The van der Waals surface area contributed by atoms with Crippen LogP contribution in [0.25, 0.3) is 10.9 Å². The van der Waals surface area contributed by atoms with Gasteiger partial charge in [-0.1, -0.05) is 6.07 Å². The van der Waals surface area contributed by atoms with Crippen molar-refractivity contribution in [1.29, 1.82) is 0 Å². The molecule has 12 heteroatoms. The second kappa shape index (κ2) is 11.6. The molecule has 0 saturated carbocycles. The molecule has 234 valence electrons. The highest BCUT2D eigenvalue weighted by atomic mass is 19.4. The number of fused-ring (bicyclic) bond motifs is 3. The molecule has 5 rings (SSSR count). The van der Waals surface area contributed by atoms with Gasteiger partial charge in [0.1, 0.15) is 17.3 Å². The molecule has 0 aliphatic carbocycles. The number of hydrogen-bond acceptors (Lipinski definition) is 6. The van der Waals surface area contributed by atoms with Crippen molar-refractivity contribution in [2.75, 3.05) is 40.0 Å². The topological polar surface area (TPSA) is 88.2 Å². The zero-order valence-electron chi connectivity index (χ0n) is 24.7. The first-order valence-corrected chi connectivity index (χ1v) is 14.2. The molecule has 0 bridgehead atoms. The van der Waals surface area contributed by atoms with Gasteiger partial charge >= 0.3 is 6.36 Å². The molecule has 1 fully saturated rings. The van der Waals surface area contributed by atoms with Gasteiger partial charge in [0.15, 0.2) is 0 Å². The molecule has 2 aromatic carbocycles. The number of ether oxygens (including phenoxy) is 4. The van der Waals surface area contributed by atoms with E-state index in [1.807, 2.05) is 32.9 Å². The van der Waals surface area contributed by atoms with Crippen LogP contribution in [0.2, 0.25) is 0 Å². The number of rotatable bonds is 8. The summed E-state index contributed by atoms with van der Waals surface area (Å²) in [4.78, 5) is 15.4. The van der Waals surface area contributed by atoms with Crippen LogP contribution in [0, 0.1) is 5.82 Å². The Hall–Kier alpha value is -3.35. The van der Waals surface area contributed by atoms with Gasteiger partial charge in [-0.2, -0.15) is 0 Å². The van der Waals surface area contributed by atoms with Gasteiger partial charge in [-0.05, 0) is 63.4 Å². The third-order valence-electron chi connectivity index (χ3n) is 8.14. The molecule has 1 unspecified atom stereocenters. The van der Waals surface area contributed by atoms with E-state index in [2.05, 4.69) is 10.8 Å². The highest BCUT2D eigenvalue weighted by molar-refractivity contribution is 6.09. The number of methoxy groups -OCH3 is 1. The fraction of sp³-hybridized carbons (Fsp3) is 0.516. The minimum absolute atomic E-state index is 0.0593. The van der Waals surface area contributed by atoms with Crippen LogP contribution in [0.5, 0.6) is 11.5 Å². The molecular weight excluding hydrogens is 570 g/mol. The summed E-state index contributed by atoms with van der Waals surface area (Å²) in [5.41, 5.74) is 7.54. The highest BCUT2D eigenvalue weighted by Crippen LogP contribution is 2.47. The summed E-state index contributed by atoms with van der Waals surface area (Å²) in [6, 6.07) is 7.39. The number of carbonyl (C=O) groups excluding carboxylic acids is 1. The summed E-state index contributed by atoms with van der Waals surface area (Å²) >= 11 is 0. The minimum atomic E-state index is -5.02. The van der Waals surface area contributed by atoms with Crippen LogP contribution >= 0.6 is 0 Å². The number of piperidine rings is 1. The second-order valence-corrected chi connectivity index (χ2v) is 12.2. The first-order valence-electron chi connectivity index (χ1n) is 14.2. The van der Waals surface area contributed by atoms with E-state index < -0.39 is 23.8 Å². The van der Waals surface area contributed by atoms with Gasteiger partial charge in [0.25, 0.3) is 5.91 Å². The Morgan fingerprint density at radius 2 is 1.86 bits per heavy atom. The highest BCUT2D eigenvalue weighted by Gasteiger charge is 2.44. The molecule has 43 heavy (non-hydrogen) atoms. The van der Waals surface area contributed by atoms with Crippen molar-refractivity contribution < 1.29 is 41.3 Å². The summed E-state index contributed by atoms with van der Waals surface area (Å²) in [6.45, 7) is 7.69. The number of amides is 1. The fourth-order valence-electron chi connectivity index (χ4n) is 5.88. The minimum Gasteiger partial charge on any atom is -0.492 e. The van der Waals surface area contributed by atoms with Crippen LogP contribution < -0.4 is 15.2 Å². The van der Waals surface area contributed by atoms with E-state index in [9.17, 15) is 22.4 Å². The summed E-state index contributed by atoms with van der Waals surface area (Å²) in [7, 11) is 1.46. The Balaban J connectivity index is 1.40. The van der Waals surface area contributed by atoms with E-state index in [1.54, 1.807) is 4.90 Å². The Kier molecular flexibility index (Phi) is 8.40. The van der Waals surface area contributed by atoms with E-state index in [1.165, 1.54) is 17.9 Å². The second-order valence-electron chi connectivity index (χ2n) is 12.2. The Morgan fingerprint density at radius 1 is 1.14 bits per heavy atom. The molecule has 1 atom stereocenters. The predicted octanol–water partition coefficient (Wildman–Crippen LogP) is 5.71. The monoisotopic (exact) mass is 607 g/mol. The van der Waals surface area contributed by atoms with Gasteiger partial charge in [0.05, 0.1) is 47.9 Å². The van der Waals surface area contributed by atoms with Crippen molar-refractivity contribution in [3.8, 4) is 11.5 Å². The number of halogens is 4. The van der Waals surface area contributed by atoms with Crippen LogP contribution in [0.4, 0.5) is 17.6 Å². The maximum Gasteiger partial charge on any atom is 0.573 e. The molecular formula is C31H37F4N3O5. The molecule has 1 spiro atoms. The van der Waals surface area contributed by atoms with Crippen LogP contribution in [0.1, 0.15) is 61.1 Å². The number of hydrogen-bond donors (Lipinski definition) is 1. The van der Waals surface area contributed by atoms with E-state index in [0.717, 1.165) is 29.0 Å². The summed E-state index contributed by atoms with van der Waals surface area (Å²) in [5, 5.41) is -0.218. The number of nitrogens with zero attached hydrogens (tertiary/aromatic N) is 2. The van der Waals surface area contributed by atoms with Crippen LogP contribution in [0.15, 0.2) is 36.5 Å². The normalized spacial score (nSPS) is 17.3. The fourth-order valence-corrected chi connectivity index (χ4v) is 5.88. The number of nitrogens with two attached hydrogens (primary N) is 1. The maximum atomic E-state index is 15.0. The molecule has 1 aromatic heterocycles. The van der Waals surface area contributed by atoms with Crippen LogP contribution in [-0.2, 0) is 21.4 Å². The van der Waals surface area contributed by atoms with Crippen molar-refractivity contribution in [3.63, 3.8) is 0 Å². The molecule has 0 radical (unpaired) electrons. The molecule has 3 aromatic rings. The summed E-state index contributed by atoms with van der Waals surface area (Å²) in [6.07, 6.45) is -2.49. The number of carbonyl (C=O) groups is 1. The van der Waals surface area contributed by atoms with Gasteiger partial charge in [-0.15, -0.1) is 13.2 Å². The van der Waals surface area contributed by atoms with Crippen molar-refractivity contribution in [2.45, 2.75) is 63.6 Å². The maximum absolute atomic E-state index is 15.0. The van der Waals surface area contributed by atoms with Crippen molar-refractivity contribution in [2.24, 2.45) is 5.73 Å². The Bertz CT molecular complexity index is 1490. The van der Waals surface area contributed by atoms with Crippen LogP contribution in [0.3, 0.4) is 0 Å². The average molecular weight is 608 g/mol. The lowest BCUT2D eigenvalue weighted by Crippen LogP contribution is -2.46. The van der Waals surface area contributed by atoms with Gasteiger partial charge in [0.2, 0.25) is 0 Å². The molecule has 1 saturated heterocycles. The summed E-state index contributed by atoms with van der Waals surface area (Å²) in [5.74, 6) is -1.12. The third-order valence-corrected chi connectivity index (χ3v) is 8.14. The van der Waals surface area contributed by atoms with E-state index in [4.69, 9.17) is 19.9 Å². The zero-order valence-corrected chi connectivity index (χ0v) is 24.7. The van der Waals surface area contributed by atoms with Crippen molar-refractivity contribution in [1.82, 2.24) is 9.47 Å². The lowest BCUT2D eigenvalue weighted by atomic mass is 9.73. The predicted molar refractivity (Wildman–Crippen MR) is 152 cm³/mol. The standard InChI is InChI=1S/C31H37F4N3O5/c1-29(2,3)42-17-23(36)19-5-7-24-21(15-19)30(18-41-24)9-11-37(12-10-30)28(39)20-16-38(13-14-40-4)27-22(32)6-8-25(26(20)27)43-31(33,34)35/h5-8,15-16,23H,9-14,17-18,36H2,1-4H3. The number of alkyl halides is 3. The quantitative estimate of drug-likeness (QED) is 0.331. The third kappa shape index (κ3) is 6.46. The Labute approximate surface area is 247 Å². The largest absolute Gasteiger partial charge is 0.573 e. The number of aromatic nitrogens is 1. The van der Waals surface area contributed by atoms with E-state index in [-0.39, 0.29) is 46.7 Å². The molecule has 2 N–H and O–H groups in total. The van der Waals surface area contributed by atoms with Crippen molar-refractivity contribution in [3.05, 3.63) is 59.0 Å². The van der Waals surface area contributed by atoms with Gasteiger partial charge in [-0.3, -0.25) is 4.79 Å². The van der Waals surface area contributed by atoms with Gasteiger partial charge in [0, 0.05) is 43.9 Å². The lowest BCUT2D eigenvalue weighted by molar-refractivity contribution is -0.274. The zero-order chi connectivity index (χ0) is 31.2. The molecule has 1 amide bonds. The van der Waals surface area contributed by atoms with Crippen molar-refractivity contribution >= 4 is 16.8 Å². The number of likely N-dealkylation sites (tertiary alicyclic amines) is 1. The SMILES string of the molecule is COCCn1cc(C(=O)N2CCC3(CC2)COc2ccc(C(N)COC(C)(C)C)cc23)c2c(OC(F)(F)F)ccc(F)c21. The molecule has 2 aliphatic rings. The van der Waals surface area contributed by atoms with E-state index in [0.29, 0.717) is 39.1 Å². The molecule has 3 heterocycles.